The molecule has 116 valence electrons. The van der Waals surface area contributed by atoms with Crippen LogP contribution < -0.4 is 15.8 Å². The van der Waals surface area contributed by atoms with Gasteiger partial charge >= 0.3 is 0 Å². The molecule has 3 heterocycles. The van der Waals surface area contributed by atoms with Gasteiger partial charge in [0.1, 0.15) is 12.3 Å². The number of rotatable bonds is 1. The van der Waals surface area contributed by atoms with E-state index in [9.17, 15) is 0 Å². The number of fused-ring (bicyclic) bond motifs is 2. The van der Waals surface area contributed by atoms with Crippen molar-refractivity contribution in [3.63, 3.8) is 0 Å². The highest BCUT2D eigenvalue weighted by atomic mass is 35.5. The summed E-state index contributed by atoms with van der Waals surface area (Å²) in [4.78, 5) is 12.8. The molecule has 2 aromatic heterocycles. The second-order valence-corrected chi connectivity index (χ2v) is 5.74. The summed E-state index contributed by atoms with van der Waals surface area (Å²) >= 11 is 6.26. The molecule has 7 heteroatoms. The molecule has 3 aromatic rings. The summed E-state index contributed by atoms with van der Waals surface area (Å²) in [6.45, 7) is 3.41. The first-order valence-corrected chi connectivity index (χ1v) is 7.60. The van der Waals surface area contributed by atoms with Crippen molar-refractivity contribution in [2.45, 2.75) is 6.92 Å². The topological polar surface area (TPSA) is 86.0 Å². The van der Waals surface area contributed by atoms with Crippen LogP contribution in [0.2, 0.25) is 5.02 Å². The summed E-state index contributed by atoms with van der Waals surface area (Å²) < 4.78 is 5.58. The molecule has 0 saturated heterocycles. The molecule has 23 heavy (non-hydrogen) atoms. The number of nitrogens with zero attached hydrogens (tertiary/aromatic N) is 3. The molecule has 0 spiro atoms. The number of halogens is 1. The van der Waals surface area contributed by atoms with E-state index in [1.807, 2.05) is 19.1 Å². The molecule has 0 aliphatic carbocycles. The van der Waals surface area contributed by atoms with Crippen LogP contribution in [0.25, 0.3) is 22.0 Å². The average molecular weight is 328 g/mol. The van der Waals surface area contributed by atoms with Gasteiger partial charge in [-0.05, 0) is 18.6 Å². The number of anilines is 2. The Balaban J connectivity index is 2.00. The van der Waals surface area contributed by atoms with Crippen molar-refractivity contribution in [2.75, 3.05) is 24.2 Å². The SMILES string of the molecule is Cc1c(-c2ccc(Cl)c3cnc(N)nc23)cnc2c1NCCO2. The normalized spacial score (nSPS) is 13.3. The van der Waals surface area contributed by atoms with E-state index >= 15 is 0 Å². The lowest BCUT2D eigenvalue weighted by Gasteiger charge is -2.21. The van der Waals surface area contributed by atoms with E-state index in [0.29, 0.717) is 23.0 Å². The van der Waals surface area contributed by atoms with Crippen molar-refractivity contribution in [3.8, 4) is 17.0 Å². The second kappa shape index (κ2) is 5.24. The molecule has 0 fully saturated rings. The highest BCUT2D eigenvalue weighted by Crippen LogP contribution is 2.38. The molecule has 0 amide bonds. The maximum atomic E-state index is 6.26. The Bertz CT molecular complexity index is 928. The number of pyridine rings is 1. The Morgan fingerprint density at radius 2 is 2.09 bits per heavy atom. The Hall–Kier alpha value is -2.60. The van der Waals surface area contributed by atoms with Crippen LogP contribution in [0.1, 0.15) is 5.56 Å². The first-order valence-electron chi connectivity index (χ1n) is 7.22. The van der Waals surface area contributed by atoms with E-state index in [-0.39, 0.29) is 5.95 Å². The van der Waals surface area contributed by atoms with Gasteiger partial charge in [-0.25, -0.2) is 15.0 Å². The van der Waals surface area contributed by atoms with Crippen LogP contribution in [0.3, 0.4) is 0 Å². The van der Waals surface area contributed by atoms with Gasteiger partial charge in [-0.15, -0.1) is 0 Å². The fraction of sp³-hybridized carbons (Fsp3) is 0.188. The zero-order chi connectivity index (χ0) is 16.0. The summed E-state index contributed by atoms with van der Waals surface area (Å²) in [5.41, 5.74) is 10.3. The van der Waals surface area contributed by atoms with Crippen LogP contribution in [0, 0.1) is 6.92 Å². The summed E-state index contributed by atoms with van der Waals surface area (Å²) in [5, 5.41) is 4.70. The van der Waals surface area contributed by atoms with E-state index in [1.165, 1.54) is 0 Å². The molecule has 1 aliphatic rings. The van der Waals surface area contributed by atoms with Crippen LogP contribution in [0.4, 0.5) is 11.6 Å². The molecular formula is C16H14ClN5O. The Labute approximate surface area is 137 Å². The summed E-state index contributed by atoms with van der Waals surface area (Å²) in [6, 6.07) is 3.76. The minimum atomic E-state index is 0.214. The minimum absolute atomic E-state index is 0.214. The quantitative estimate of drug-likeness (QED) is 0.714. The third kappa shape index (κ3) is 2.22. The molecule has 3 N–H and O–H groups in total. The molecule has 0 saturated carbocycles. The molecule has 0 atom stereocenters. The summed E-state index contributed by atoms with van der Waals surface area (Å²) in [6.07, 6.45) is 3.44. The van der Waals surface area contributed by atoms with E-state index in [2.05, 4.69) is 20.3 Å². The largest absolute Gasteiger partial charge is 0.474 e. The Kier molecular flexibility index (Phi) is 3.20. The van der Waals surface area contributed by atoms with E-state index in [1.54, 1.807) is 12.4 Å². The van der Waals surface area contributed by atoms with Gasteiger partial charge < -0.3 is 15.8 Å². The maximum absolute atomic E-state index is 6.26. The van der Waals surface area contributed by atoms with Gasteiger partial charge in [-0.1, -0.05) is 17.7 Å². The Morgan fingerprint density at radius 3 is 2.96 bits per heavy atom. The van der Waals surface area contributed by atoms with Crippen molar-refractivity contribution in [1.29, 1.82) is 0 Å². The first kappa shape index (κ1) is 14.0. The standard InChI is InChI=1S/C16H14ClN5O/c1-8-10(6-20-15-13(8)19-4-5-23-15)9-2-3-12(17)11-7-21-16(18)22-14(9)11/h2-3,6-7,19H,4-5H2,1H3,(H2,18,21,22). The van der Waals surface area contributed by atoms with Gasteiger partial charge in [0.05, 0.1) is 10.5 Å². The maximum Gasteiger partial charge on any atom is 0.237 e. The van der Waals surface area contributed by atoms with E-state index in [0.717, 1.165) is 34.3 Å². The van der Waals surface area contributed by atoms with Crippen LogP contribution >= 0.6 is 11.6 Å². The lowest BCUT2D eigenvalue weighted by atomic mass is 9.99. The molecule has 4 rings (SSSR count). The highest BCUT2D eigenvalue weighted by molar-refractivity contribution is 6.35. The number of ether oxygens (including phenoxy) is 1. The number of hydrogen-bond donors (Lipinski definition) is 2. The monoisotopic (exact) mass is 327 g/mol. The van der Waals surface area contributed by atoms with E-state index in [4.69, 9.17) is 22.1 Å². The fourth-order valence-electron chi connectivity index (χ4n) is 2.81. The van der Waals surface area contributed by atoms with Crippen molar-refractivity contribution < 1.29 is 4.74 Å². The number of hydrogen-bond acceptors (Lipinski definition) is 6. The van der Waals surface area contributed by atoms with Gasteiger partial charge in [0.2, 0.25) is 11.8 Å². The van der Waals surface area contributed by atoms with Crippen LogP contribution in [0.5, 0.6) is 5.88 Å². The molecule has 6 nitrogen and oxygen atoms in total. The van der Waals surface area contributed by atoms with Crippen molar-refractivity contribution in [1.82, 2.24) is 15.0 Å². The van der Waals surface area contributed by atoms with E-state index < -0.39 is 0 Å². The predicted molar refractivity (Wildman–Crippen MR) is 90.9 cm³/mol. The molecule has 1 aromatic carbocycles. The molecule has 0 bridgehead atoms. The molecule has 0 unspecified atom stereocenters. The number of nitrogen functional groups attached to an aromatic ring is 1. The zero-order valence-corrected chi connectivity index (χ0v) is 13.2. The summed E-state index contributed by atoms with van der Waals surface area (Å²) in [7, 11) is 0. The van der Waals surface area contributed by atoms with Crippen molar-refractivity contribution in [2.24, 2.45) is 0 Å². The molecular weight excluding hydrogens is 314 g/mol. The number of nitrogens with one attached hydrogen (secondary N) is 1. The number of benzene rings is 1. The van der Waals surface area contributed by atoms with Crippen LogP contribution in [-0.2, 0) is 0 Å². The van der Waals surface area contributed by atoms with Gasteiger partial charge in [0.15, 0.2) is 0 Å². The van der Waals surface area contributed by atoms with Crippen LogP contribution in [0.15, 0.2) is 24.5 Å². The van der Waals surface area contributed by atoms with Gasteiger partial charge in [-0.3, -0.25) is 0 Å². The van der Waals surface area contributed by atoms with Gasteiger partial charge in [0.25, 0.3) is 0 Å². The summed E-state index contributed by atoms with van der Waals surface area (Å²) in [5.74, 6) is 0.843. The molecule has 1 aliphatic heterocycles. The molecule has 0 radical (unpaired) electrons. The lowest BCUT2D eigenvalue weighted by molar-refractivity contribution is 0.310. The van der Waals surface area contributed by atoms with Gasteiger partial charge in [-0.2, -0.15) is 0 Å². The van der Waals surface area contributed by atoms with Crippen LogP contribution in [-0.4, -0.2) is 28.1 Å². The second-order valence-electron chi connectivity index (χ2n) is 5.34. The lowest BCUT2D eigenvalue weighted by Crippen LogP contribution is -2.20. The third-order valence-corrected chi connectivity index (χ3v) is 4.28. The number of aromatic nitrogens is 3. The van der Waals surface area contributed by atoms with Gasteiger partial charge in [0, 0.05) is 35.5 Å². The Morgan fingerprint density at radius 1 is 1.22 bits per heavy atom. The smallest absolute Gasteiger partial charge is 0.237 e. The zero-order valence-electron chi connectivity index (χ0n) is 12.4. The third-order valence-electron chi connectivity index (χ3n) is 3.95. The average Bonchev–Trinajstić information content (AvgIpc) is 2.56. The minimum Gasteiger partial charge on any atom is -0.474 e. The highest BCUT2D eigenvalue weighted by Gasteiger charge is 2.19. The predicted octanol–water partition coefficient (Wildman–Crippen LogP) is 3.04. The number of nitrogens with two attached hydrogens (primary N) is 1. The van der Waals surface area contributed by atoms with Crippen molar-refractivity contribution in [3.05, 3.63) is 35.1 Å². The van der Waals surface area contributed by atoms with Crippen molar-refractivity contribution >= 4 is 34.1 Å². The first-order chi connectivity index (χ1) is 11.1. The fourth-order valence-corrected chi connectivity index (χ4v) is 3.01.